The van der Waals surface area contributed by atoms with Crippen LogP contribution in [0, 0.1) is 0 Å². The highest BCUT2D eigenvalue weighted by atomic mass is 16.5. The number of nitrogens with one attached hydrogen (secondary N) is 2. The van der Waals surface area contributed by atoms with E-state index in [1.165, 1.54) is 14.2 Å². The largest absolute Gasteiger partial charge is 0.496 e. The highest BCUT2D eigenvalue weighted by Crippen LogP contribution is 2.32. The van der Waals surface area contributed by atoms with E-state index in [0.29, 0.717) is 22.9 Å². The second-order valence-electron chi connectivity index (χ2n) is 5.93. The summed E-state index contributed by atoms with van der Waals surface area (Å²) in [5, 5.41) is 10.1. The van der Waals surface area contributed by atoms with Gasteiger partial charge in [-0.1, -0.05) is 26.8 Å². The zero-order valence-electron chi connectivity index (χ0n) is 14.9. The van der Waals surface area contributed by atoms with Crippen molar-refractivity contribution in [3.8, 4) is 11.5 Å². The Labute approximate surface area is 142 Å². The molecule has 0 aliphatic rings. The number of H-pyrrole nitrogens is 1. The molecule has 0 bridgehead atoms. The number of carbonyl (C=O) groups excluding carboxylic acids is 1. The summed E-state index contributed by atoms with van der Waals surface area (Å²) in [6, 6.07) is 7.10. The fraction of sp³-hybridized carbons (Fsp3) is 0.444. The van der Waals surface area contributed by atoms with E-state index in [2.05, 4.69) is 36.3 Å². The van der Waals surface area contributed by atoms with Crippen LogP contribution in [0.15, 0.2) is 24.3 Å². The number of aromatic nitrogens is 2. The normalized spacial score (nSPS) is 11.2. The molecule has 0 spiro atoms. The van der Waals surface area contributed by atoms with Gasteiger partial charge in [0.05, 0.1) is 19.9 Å². The van der Waals surface area contributed by atoms with E-state index in [-0.39, 0.29) is 11.3 Å². The molecule has 1 aromatic heterocycles. The number of nitrogens with zero attached hydrogens (tertiary/aromatic N) is 1. The van der Waals surface area contributed by atoms with Gasteiger partial charge < -0.3 is 14.8 Å². The topological polar surface area (TPSA) is 76.2 Å². The maximum atomic E-state index is 12.7. The van der Waals surface area contributed by atoms with Crippen molar-refractivity contribution in [3.63, 3.8) is 0 Å². The van der Waals surface area contributed by atoms with E-state index < -0.39 is 0 Å². The van der Waals surface area contributed by atoms with E-state index in [0.717, 1.165) is 18.5 Å². The number of methoxy groups -OCH3 is 2. The maximum absolute atomic E-state index is 12.7. The van der Waals surface area contributed by atoms with Crippen molar-refractivity contribution < 1.29 is 14.3 Å². The number of hydrogen-bond acceptors (Lipinski definition) is 4. The first-order valence-corrected chi connectivity index (χ1v) is 8.07. The van der Waals surface area contributed by atoms with E-state index in [4.69, 9.17) is 9.47 Å². The molecule has 0 fully saturated rings. The van der Waals surface area contributed by atoms with E-state index in [9.17, 15) is 4.79 Å². The van der Waals surface area contributed by atoms with Gasteiger partial charge in [0, 0.05) is 11.5 Å². The van der Waals surface area contributed by atoms with Crippen LogP contribution in [0.25, 0.3) is 0 Å². The van der Waals surface area contributed by atoms with Crippen LogP contribution in [-0.2, 0) is 5.41 Å². The lowest BCUT2D eigenvalue weighted by atomic mass is 9.81. The van der Waals surface area contributed by atoms with Gasteiger partial charge in [0.1, 0.15) is 22.9 Å². The van der Waals surface area contributed by atoms with Crippen molar-refractivity contribution in [2.24, 2.45) is 0 Å². The van der Waals surface area contributed by atoms with Gasteiger partial charge in [-0.2, -0.15) is 5.10 Å². The van der Waals surface area contributed by atoms with Crippen molar-refractivity contribution in [2.75, 3.05) is 19.5 Å². The number of aromatic amines is 1. The highest BCUT2D eigenvalue weighted by molar-refractivity contribution is 6.07. The minimum absolute atomic E-state index is 0.0123. The Bertz CT molecular complexity index is 683. The maximum Gasteiger partial charge on any atom is 0.264 e. The predicted molar refractivity (Wildman–Crippen MR) is 94.0 cm³/mol. The molecule has 6 heteroatoms. The molecule has 0 saturated heterocycles. The second kappa shape index (κ2) is 7.38. The minimum Gasteiger partial charge on any atom is -0.496 e. The molecule has 0 radical (unpaired) electrons. The van der Waals surface area contributed by atoms with Crippen LogP contribution in [0.3, 0.4) is 0 Å². The second-order valence-corrected chi connectivity index (χ2v) is 5.93. The van der Waals surface area contributed by atoms with Crippen LogP contribution in [0.4, 0.5) is 5.82 Å². The van der Waals surface area contributed by atoms with Gasteiger partial charge in [-0.3, -0.25) is 9.89 Å². The molecule has 0 aliphatic carbocycles. The lowest BCUT2D eigenvalue weighted by Gasteiger charge is -2.23. The van der Waals surface area contributed by atoms with Crippen molar-refractivity contribution >= 4 is 11.7 Å². The number of rotatable bonds is 7. The molecule has 2 N–H and O–H groups in total. The van der Waals surface area contributed by atoms with Crippen LogP contribution in [0.2, 0.25) is 0 Å². The van der Waals surface area contributed by atoms with Gasteiger partial charge >= 0.3 is 0 Å². The standard InChI is InChI=1S/C18H25N3O3/c1-6-18(3,7-2)14-11-15(21-20-14)19-17(22)16-12(23-4)9-8-10-13(16)24-5/h8-11H,6-7H2,1-5H3,(H2,19,20,21,22). The Balaban J connectivity index is 2.27. The van der Waals surface area contributed by atoms with Gasteiger partial charge in [0.15, 0.2) is 0 Å². The molecule has 1 aromatic carbocycles. The van der Waals surface area contributed by atoms with E-state index >= 15 is 0 Å². The SMILES string of the molecule is CCC(C)(CC)c1cc(NC(=O)c2c(OC)cccc2OC)[nH]n1. The summed E-state index contributed by atoms with van der Waals surface area (Å²) in [4.78, 5) is 12.7. The number of benzene rings is 1. The molecule has 2 aromatic rings. The molecular weight excluding hydrogens is 306 g/mol. The lowest BCUT2D eigenvalue weighted by Crippen LogP contribution is -2.20. The molecule has 130 valence electrons. The number of anilines is 1. The van der Waals surface area contributed by atoms with Crippen LogP contribution < -0.4 is 14.8 Å². The summed E-state index contributed by atoms with van der Waals surface area (Å²) in [6.45, 7) is 6.43. The number of carbonyl (C=O) groups is 1. The lowest BCUT2D eigenvalue weighted by molar-refractivity contribution is 0.102. The van der Waals surface area contributed by atoms with Gasteiger partial charge in [0.25, 0.3) is 5.91 Å². The summed E-state index contributed by atoms with van der Waals surface area (Å²) in [6.07, 6.45) is 1.95. The predicted octanol–water partition coefficient (Wildman–Crippen LogP) is 3.76. The zero-order valence-corrected chi connectivity index (χ0v) is 14.9. The molecule has 1 amide bonds. The Hall–Kier alpha value is -2.50. The van der Waals surface area contributed by atoms with Crippen LogP contribution in [0.5, 0.6) is 11.5 Å². The Morgan fingerprint density at radius 3 is 2.29 bits per heavy atom. The fourth-order valence-corrected chi connectivity index (χ4v) is 2.57. The Kier molecular flexibility index (Phi) is 5.49. The third-order valence-electron chi connectivity index (χ3n) is 4.66. The van der Waals surface area contributed by atoms with E-state index in [1.807, 2.05) is 6.07 Å². The van der Waals surface area contributed by atoms with Gasteiger partial charge in [-0.25, -0.2) is 0 Å². The molecule has 1 heterocycles. The molecule has 0 atom stereocenters. The monoisotopic (exact) mass is 331 g/mol. The van der Waals surface area contributed by atoms with Crippen molar-refractivity contribution in [1.29, 1.82) is 0 Å². The first-order chi connectivity index (χ1) is 11.5. The molecule has 24 heavy (non-hydrogen) atoms. The average molecular weight is 331 g/mol. The number of amides is 1. The molecule has 0 aliphatic heterocycles. The summed E-state index contributed by atoms with van der Waals surface area (Å²) >= 11 is 0. The van der Waals surface area contributed by atoms with Gasteiger partial charge in [-0.05, 0) is 25.0 Å². The van der Waals surface area contributed by atoms with E-state index in [1.54, 1.807) is 18.2 Å². The summed E-state index contributed by atoms with van der Waals surface area (Å²) in [5.74, 6) is 1.15. The van der Waals surface area contributed by atoms with Crippen molar-refractivity contribution in [1.82, 2.24) is 10.2 Å². The summed E-state index contributed by atoms with van der Waals surface area (Å²) in [7, 11) is 3.04. The number of ether oxygens (including phenoxy) is 2. The third-order valence-corrected chi connectivity index (χ3v) is 4.66. The first-order valence-electron chi connectivity index (χ1n) is 8.07. The van der Waals surface area contributed by atoms with Crippen LogP contribution in [-0.4, -0.2) is 30.3 Å². The van der Waals surface area contributed by atoms with Gasteiger partial charge in [0.2, 0.25) is 0 Å². The summed E-state index contributed by atoms with van der Waals surface area (Å²) in [5.41, 5.74) is 1.28. The van der Waals surface area contributed by atoms with Crippen LogP contribution >= 0.6 is 0 Å². The first kappa shape index (κ1) is 17.8. The highest BCUT2D eigenvalue weighted by Gasteiger charge is 2.26. The molecular formula is C18H25N3O3. The van der Waals surface area contributed by atoms with Crippen molar-refractivity contribution in [3.05, 3.63) is 35.5 Å². The smallest absolute Gasteiger partial charge is 0.264 e. The quantitative estimate of drug-likeness (QED) is 0.810. The average Bonchev–Trinajstić information content (AvgIpc) is 3.09. The molecule has 0 saturated carbocycles. The molecule has 0 unspecified atom stereocenters. The summed E-state index contributed by atoms with van der Waals surface area (Å²) < 4.78 is 10.5. The minimum atomic E-state index is -0.311. The fourth-order valence-electron chi connectivity index (χ4n) is 2.57. The van der Waals surface area contributed by atoms with Gasteiger partial charge in [-0.15, -0.1) is 0 Å². The molecule has 2 rings (SSSR count). The van der Waals surface area contributed by atoms with Crippen molar-refractivity contribution in [2.45, 2.75) is 39.0 Å². The Morgan fingerprint density at radius 2 is 1.79 bits per heavy atom. The van der Waals surface area contributed by atoms with Crippen LogP contribution in [0.1, 0.15) is 49.7 Å². The molecule has 6 nitrogen and oxygen atoms in total. The Morgan fingerprint density at radius 1 is 1.21 bits per heavy atom. The zero-order chi connectivity index (χ0) is 17.7. The number of hydrogen-bond donors (Lipinski definition) is 2. The third kappa shape index (κ3) is 3.37.